The maximum absolute atomic E-state index is 12.2. The molecule has 1 unspecified atom stereocenters. The molecule has 0 amide bonds. The second-order valence-electron chi connectivity index (χ2n) is 7.25. The molecule has 0 aliphatic carbocycles. The number of phenolic OH excluding ortho intramolecular Hbond substituents is 1. The fourth-order valence-electron chi connectivity index (χ4n) is 3.05. The number of hydrogen-bond donors (Lipinski definition) is 3. The molecule has 6 nitrogen and oxygen atoms in total. The zero-order valence-electron chi connectivity index (χ0n) is 16.6. The van der Waals surface area contributed by atoms with E-state index in [1.54, 1.807) is 36.4 Å². The number of aliphatic carboxylic acids is 1. The minimum absolute atomic E-state index is 0.106. The van der Waals surface area contributed by atoms with Gasteiger partial charge in [0.15, 0.2) is 5.54 Å². The van der Waals surface area contributed by atoms with Crippen molar-refractivity contribution in [1.82, 2.24) is 0 Å². The highest BCUT2D eigenvalue weighted by Crippen LogP contribution is 2.38. The third kappa shape index (κ3) is 4.55. The van der Waals surface area contributed by atoms with Crippen LogP contribution in [0.15, 0.2) is 36.4 Å². The highest BCUT2D eigenvalue weighted by atomic mass is 16.5. The molecule has 6 heteroatoms. The van der Waals surface area contributed by atoms with Gasteiger partial charge in [-0.2, -0.15) is 5.26 Å². The highest BCUT2D eigenvalue weighted by molar-refractivity contribution is 5.85. The molecule has 0 spiro atoms. The standard InChI is InChI=1S/C22H26N2O4/c1-5-28-20-12-18(19(25)11-16(20)10-14(2)3)22(4,21(26)27)24-17-8-6-15(13-23)7-9-17/h6-9,11-12,14,24-25H,5,10H2,1-4H3,(H,26,27). The molecule has 2 aromatic carbocycles. The Labute approximate surface area is 165 Å². The van der Waals surface area contributed by atoms with Crippen LogP contribution in [0.1, 0.15) is 44.4 Å². The molecule has 0 bridgehead atoms. The first-order chi connectivity index (χ1) is 13.2. The van der Waals surface area contributed by atoms with Crippen LogP contribution >= 0.6 is 0 Å². The van der Waals surface area contributed by atoms with Crippen molar-refractivity contribution in [3.05, 3.63) is 53.1 Å². The lowest BCUT2D eigenvalue weighted by Gasteiger charge is -2.29. The van der Waals surface area contributed by atoms with E-state index in [1.165, 1.54) is 6.92 Å². The summed E-state index contributed by atoms with van der Waals surface area (Å²) in [6.07, 6.45) is 0.704. The second kappa shape index (κ2) is 8.66. The fourth-order valence-corrected chi connectivity index (χ4v) is 3.05. The van der Waals surface area contributed by atoms with Gasteiger partial charge in [-0.25, -0.2) is 4.79 Å². The lowest BCUT2D eigenvalue weighted by molar-refractivity contribution is -0.142. The number of benzene rings is 2. The predicted molar refractivity (Wildman–Crippen MR) is 108 cm³/mol. The molecular weight excluding hydrogens is 356 g/mol. The summed E-state index contributed by atoms with van der Waals surface area (Å²) in [7, 11) is 0. The van der Waals surface area contributed by atoms with Gasteiger partial charge >= 0.3 is 5.97 Å². The van der Waals surface area contributed by atoms with Crippen LogP contribution in [0.2, 0.25) is 0 Å². The van der Waals surface area contributed by atoms with Crippen LogP contribution in [0.3, 0.4) is 0 Å². The van der Waals surface area contributed by atoms with E-state index in [1.807, 2.05) is 13.0 Å². The molecule has 28 heavy (non-hydrogen) atoms. The van der Waals surface area contributed by atoms with Crippen LogP contribution in [-0.2, 0) is 16.8 Å². The molecule has 148 valence electrons. The van der Waals surface area contributed by atoms with Gasteiger partial charge in [-0.05, 0) is 68.1 Å². The van der Waals surface area contributed by atoms with Crippen molar-refractivity contribution in [2.24, 2.45) is 5.92 Å². The lowest BCUT2D eigenvalue weighted by Crippen LogP contribution is -2.40. The molecule has 0 fully saturated rings. The van der Waals surface area contributed by atoms with Gasteiger partial charge < -0.3 is 20.3 Å². The van der Waals surface area contributed by atoms with Crippen LogP contribution < -0.4 is 10.1 Å². The van der Waals surface area contributed by atoms with E-state index in [0.717, 1.165) is 5.56 Å². The van der Waals surface area contributed by atoms with Gasteiger partial charge in [0.05, 0.1) is 18.2 Å². The average molecular weight is 382 g/mol. The predicted octanol–water partition coefficient (Wildman–Crippen LogP) is 4.27. The van der Waals surface area contributed by atoms with Crippen LogP contribution in [0, 0.1) is 17.2 Å². The molecule has 0 aliphatic rings. The number of ether oxygens (including phenoxy) is 1. The zero-order chi connectivity index (χ0) is 20.9. The van der Waals surface area contributed by atoms with Crippen LogP contribution in [-0.4, -0.2) is 22.8 Å². The van der Waals surface area contributed by atoms with Gasteiger partial charge in [0.2, 0.25) is 0 Å². The summed E-state index contributed by atoms with van der Waals surface area (Å²) in [6, 6.07) is 11.7. The maximum atomic E-state index is 12.2. The van der Waals surface area contributed by atoms with Gasteiger partial charge in [0, 0.05) is 11.3 Å². The van der Waals surface area contributed by atoms with Crippen molar-refractivity contribution in [2.45, 2.75) is 39.7 Å². The highest BCUT2D eigenvalue weighted by Gasteiger charge is 2.38. The number of rotatable bonds is 8. The number of aromatic hydroxyl groups is 1. The minimum Gasteiger partial charge on any atom is -0.508 e. The zero-order valence-corrected chi connectivity index (χ0v) is 16.6. The Morgan fingerprint density at radius 1 is 1.29 bits per heavy atom. The molecule has 0 aromatic heterocycles. The molecule has 0 saturated carbocycles. The van der Waals surface area contributed by atoms with Crippen LogP contribution in [0.4, 0.5) is 5.69 Å². The SMILES string of the molecule is CCOc1cc(C(C)(Nc2ccc(C#N)cc2)C(=O)O)c(O)cc1CC(C)C. The summed E-state index contributed by atoms with van der Waals surface area (Å²) >= 11 is 0. The Balaban J connectivity index is 2.52. The molecule has 2 rings (SSSR count). The van der Waals surface area contributed by atoms with Crippen molar-refractivity contribution in [3.63, 3.8) is 0 Å². The quantitative estimate of drug-likeness (QED) is 0.630. The number of hydrogen-bond acceptors (Lipinski definition) is 5. The largest absolute Gasteiger partial charge is 0.508 e. The molecule has 0 saturated heterocycles. The van der Waals surface area contributed by atoms with Crippen molar-refractivity contribution < 1.29 is 19.7 Å². The molecular formula is C22H26N2O4. The van der Waals surface area contributed by atoms with E-state index in [2.05, 4.69) is 19.2 Å². The average Bonchev–Trinajstić information content (AvgIpc) is 2.63. The Kier molecular flexibility index (Phi) is 6.53. The van der Waals surface area contributed by atoms with Gasteiger partial charge in [-0.3, -0.25) is 0 Å². The summed E-state index contributed by atoms with van der Waals surface area (Å²) in [5, 5.41) is 32.5. The molecule has 0 radical (unpaired) electrons. The summed E-state index contributed by atoms with van der Waals surface area (Å²) in [5.74, 6) is -0.332. The number of nitrogens with one attached hydrogen (secondary N) is 1. The van der Waals surface area contributed by atoms with Gasteiger partial charge in [-0.15, -0.1) is 0 Å². The van der Waals surface area contributed by atoms with E-state index in [-0.39, 0.29) is 11.3 Å². The fraction of sp³-hybridized carbons (Fsp3) is 0.364. The van der Waals surface area contributed by atoms with E-state index < -0.39 is 11.5 Å². The third-order valence-electron chi connectivity index (χ3n) is 4.48. The van der Waals surface area contributed by atoms with Crippen LogP contribution in [0.5, 0.6) is 11.5 Å². The summed E-state index contributed by atoms with van der Waals surface area (Å²) in [6.45, 7) is 7.91. The van der Waals surface area contributed by atoms with Gasteiger partial charge in [-0.1, -0.05) is 13.8 Å². The number of phenols is 1. The van der Waals surface area contributed by atoms with Gasteiger partial charge in [0.1, 0.15) is 11.5 Å². The summed E-state index contributed by atoms with van der Waals surface area (Å²) in [4.78, 5) is 12.2. The van der Waals surface area contributed by atoms with E-state index in [4.69, 9.17) is 10.00 Å². The number of carboxylic acids is 1. The van der Waals surface area contributed by atoms with Crippen molar-refractivity contribution in [1.29, 1.82) is 5.26 Å². The van der Waals surface area contributed by atoms with E-state index >= 15 is 0 Å². The first-order valence-corrected chi connectivity index (χ1v) is 9.22. The first-order valence-electron chi connectivity index (χ1n) is 9.22. The smallest absolute Gasteiger partial charge is 0.333 e. The van der Waals surface area contributed by atoms with Crippen molar-refractivity contribution >= 4 is 11.7 Å². The monoisotopic (exact) mass is 382 g/mol. The Morgan fingerprint density at radius 3 is 2.43 bits per heavy atom. The Morgan fingerprint density at radius 2 is 1.93 bits per heavy atom. The summed E-state index contributed by atoms with van der Waals surface area (Å²) in [5.41, 5.74) is 0.444. The second-order valence-corrected chi connectivity index (χ2v) is 7.25. The molecule has 0 aliphatic heterocycles. The minimum atomic E-state index is -1.60. The number of nitrogens with zero attached hydrogens (tertiary/aromatic N) is 1. The molecule has 2 aromatic rings. The van der Waals surface area contributed by atoms with Crippen LogP contribution in [0.25, 0.3) is 0 Å². The Hall–Kier alpha value is -3.20. The molecule has 1 atom stereocenters. The van der Waals surface area contributed by atoms with E-state index in [9.17, 15) is 15.0 Å². The number of anilines is 1. The third-order valence-corrected chi connectivity index (χ3v) is 4.48. The topological polar surface area (TPSA) is 103 Å². The normalized spacial score (nSPS) is 12.9. The molecule has 0 heterocycles. The number of nitriles is 1. The lowest BCUT2D eigenvalue weighted by atomic mass is 9.88. The van der Waals surface area contributed by atoms with Crippen molar-refractivity contribution in [3.8, 4) is 17.6 Å². The summed E-state index contributed by atoms with van der Waals surface area (Å²) < 4.78 is 5.72. The maximum Gasteiger partial charge on any atom is 0.333 e. The van der Waals surface area contributed by atoms with E-state index in [0.29, 0.717) is 35.9 Å². The van der Waals surface area contributed by atoms with Crippen molar-refractivity contribution in [2.75, 3.05) is 11.9 Å². The first kappa shape index (κ1) is 21.1. The van der Waals surface area contributed by atoms with Gasteiger partial charge in [0.25, 0.3) is 0 Å². The Bertz CT molecular complexity index is 885. The molecule has 3 N–H and O–H groups in total. The number of carboxylic acid groups (broad SMARTS) is 1. The number of carbonyl (C=O) groups is 1.